The first-order valence-corrected chi connectivity index (χ1v) is 14.2. The van der Waals surface area contributed by atoms with Crippen LogP contribution in [0, 0.1) is 5.92 Å². The molecule has 0 saturated carbocycles. The van der Waals surface area contributed by atoms with E-state index >= 15 is 0 Å². The molecule has 198 valence electrons. The summed E-state index contributed by atoms with van der Waals surface area (Å²) in [6.07, 6.45) is 24.3. The molecule has 1 unspecified atom stereocenters. The largest absolute Gasteiger partial charge is 0.394 e. The van der Waals surface area contributed by atoms with E-state index in [1.165, 1.54) is 89.9 Å². The van der Waals surface area contributed by atoms with Gasteiger partial charge in [-0.25, -0.2) is 0 Å². The highest BCUT2D eigenvalue weighted by atomic mass is 16.3. The van der Waals surface area contributed by atoms with Gasteiger partial charge in [0, 0.05) is 5.92 Å². The molecule has 0 bridgehead atoms. The zero-order chi connectivity index (χ0) is 24.6. The van der Waals surface area contributed by atoms with Gasteiger partial charge >= 0.3 is 0 Å². The molecule has 5 nitrogen and oxygen atoms in total. The Bertz CT molecular complexity index is 418. The lowest BCUT2D eigenvalue weighted by molar-refractivity contribution is -0.130. The van der Waals surface area contributed by atoms with Crippen LogP contribution in [0.4, 0.5) is 0 Å². The van der Waals surface area contributed by atoms with Crippen LogP contribution in [-0.2, 0) is 4.79 Å². The average Bonchev–Trinajstić information content (AvgIpc) is 2.83. The van der Waals surface area contributed by atoms with Crippen molar-refractivity contribution in [1.82, 2.24) is 5.32 Å². The number of unbranched alkanes of at least 4 members (excludes halogenated alkanes) is 16. The Morgan fingerprint density at radius 1 is 0.576 bits per heavy atom. The van der Waals surface area contributed by atoms with Crippen molar-refractivity contribution < 1.29 is 20.1 Å². The number of hydrogen-bond donors (Lipinski definition) is 4. The summed E-state index contributed by atoms with van der Waals surface area (Å²) in [4.78, 5) is 12.9. The van der Waals surface area contributed by atoms with E-state index in [9.17, 15) is 20.1 Å². The maximum Gasteiger partial charge on any atom is 0.223 e. The summed E-state index contributed by atoms with van der Waals surface area (Å²) in [5.41, 5.74) is -1.33. The number of aliphatic hydroxyl groups excluding tert-OH is 3. The molecule has 1 atom stereocenters. The van der Waals surface area contributed by atoms with Crippen LogP contribution in [0.15, 0.2) is 0 Å². The molecule has 0 heterocycles. The minimum Gasteiger partial charge on any atom is -0.394 e. The number of carbonyl (C=O) groups is 1. The Morgan fingerprint density at radius 2 is 0.879 bits per heavy atom. The molecule has 0 aliphatic carbocycles. The molecule has 0 spiro atoms. The van der Waals surface area contributed by atoms with E-state index in [-0.39, 0.29) is 11.8 Å². The van der Waals surface area contributed by atoms with Gasteiger partial charge in [0.15, 0.2) is 0 Å². The third-order valence-corrected chi connectivity index (χ3v) is 6.98. The van der Waals surface area contributed by atoms with Gasteiger partial charge in [0.1, 0.15) is 5.54 Å². The van der Waals surface area contributed by atoms with Crippen molar-refractivity contribution in [3.05, 3.63) is 0 Å². The molecule has 0 saturated heterocycles. The lowest BCUT2D eigenvalue weighted by Crippen LogP contribution is -2.58. The van der Waals surface area contributed by atoms with Gasteiger partial charge in [0.25, 0.3) is 0 Å². The quantitative estimate of drug-likeness (QED) is 0.118. The van der Waals surface area contributed by atoms with E-state index in [1.54, 1.807) is 0 Å². The first-order valence-electron chi connectivity index (χ1n) is 14.2. The highest BCUT2D eigenvalue weighted by molar-refractivity contribution is 5.79. The lowest BCUT2D eigenvalue weighted by Gasteiger charge is -2.31. The van der Waals surface area contributed by atoms with Crippen molar-refractivity contribution in [2.45, 2.75) is 148 Å². The molecule has 0 radical (unpaired) electrons. The summed E-state index contributed by atoms with van der Waals surface area (Å²) in [5.74, 6) is -0.241. The molecule has 0 aromatic carbocycles. The number of nitrogens with one attached hydrogen (secondary N) is 1. The second-order valence-corrected chi connectivity index (χ2v) is 10.2. The van der Waals surface area contributed by atoms with Crippen LogP contribution in [0.1, 0.15) is 142 Å². The molecule has 0 aliphatic heterocycles. The predicted octanol–water partition coefficient (Wildman–Crippen LogP) is 6.28. The van der Waals surface area contributed by atoms with Gasteiger partial charge in [0.05, 0.1) is 19.8 Å². The van der Waals surface area contributed by atoms with Crippen LogP contribution >= 0.6 is 0 Å². The Kier molecular flexibility index (Phi) is 22.7. The summed E-state index contributed by atoms with van der Waals surface area (Å²) in [5, 5.41) is 31.5. The first-order chi connectivity index (χ1) is 16.1. The minimum absolute atomic E-state index is 0.108. The third-order valence-electron chi connectivity index (χ3n) is 6.98. The molecule has 0 aliphatic rings. The number of aliphatic hydroxyl groups is 3. The van der Waals surface area contributed by atoms with Crippen LogP contribution in [-0.4, -0.2) is 46.6 Å². The highest BCUT2D eigenvalue weighted by Gasteiger charge is 2.32. The Balaban J connectivity index is 4.33. The van der Waals surface area contributed by atoms with Crippen LogP contribution in [0.25, 0.3) is 0 Å². The Labute approximate surface area is 205 Å². The smallest absolute Gasteiger partial charge is 0.223 e. The van der Waals surface area contributed by atoms with Gasteiger partial charge in [0.2, 0.25) is 5.91 Å². The van der Waals surface area contributed by atoms with Gasteiger partial charge < -0.3 is 20.6 Å². The zero-order valence-electron chi connectivity index (χ0n) is 22.1. The molecule has 0 rings (SSSR count). The van der Waals surface area contributed by atoms with Crippen LogP contribution in [0.5, 0.6) is 0 Å². The van der Waals surface area contributed by atoms with Gasteiger partial charge in [-0.3, -0.25) is 4.79 Å². The summed E-state index contributed by atoms with van der Waals surface area (Å²) in [6, 6.07) is 0. The monoisotopic (exact) mass is 471 g/mol. The van der Waals surface area contributed by atoms with Gasteiger partial charge in [-0.2, -0.15) is 0 Å². The first kappa shape index (κ1) is 32.4. The number of hydrogen-bond acceptors (Lipinski definition) is 4. The van der Waals surface area contributed by atoms with E-state index in [2.05, 4.69) is 19.2 Å². The molecular weight excluding hydrogens is 414 g/mol. The van der Waals surface area contributed by atoms with E-state index in [0.717, 1.165) is 38.5 Å². The highest BCUT2D eigenvalue weighted by Crippen LogP contribution is 2.21. The maximum atomic E-state index is 12.9. The topological polar surface area (TPSA) is 89.8 Å². The standard InChI is InChI=1S/C28H57NO4/c1-3-5-7-9-11-13-14-16-18-20-22-26(21-19-17-15-12-10-8-6-4-2)27(33)29-28(23-30,24-31)25-32/h26,30-32H,3-25H2,1-2H3,(H,29,33). The Morgan fingerprint density at radius 3 is 1.18 bits per heavy atom. The fourth-order valence-corrected chi connectivity index (χ4v) is 4.44. The Hall–Kier alpha value is -0.650. The molecule has 0 aromatic heterocycles. The fourth-order valence-electron chi connectivity index (χ4n) is 4.44. The van der Waals surface area contributed by atoms with Gasteiger partial charge in [-0.15, -0.1) is 0 Å². The molecule has 1 amide bonds. The number of rotatable bonds is 25. The molecule has 5 heteroatoms. The van der Waals surface area contributed by atoms with E-state index < -0.39 is 25.4 Å². The average molecular weight is 472 g/mol. The van der Waals surface area contributed by atoms with Crippen LogP contribution in [0.2, 0.25) is 0 Å². The van der Waals surface area contributed by atoms with Crippen molar-refractivity contribution in [2.75, 3.05) is 19.8 Å². The van der Waals surface area contributed by atoms with Crippen molar-refractivity contribution in [1.29, 1.82) is 0 Å². The van der Waals surface area contributed by atoms with Crippen LogP contribution < -0.4 is 5.32 Å². The SMILES string of the molecule is CCCCCCCCCCCCC(CCCCCCCCCC)C(=O)NC(CO)(CO)CO. The van der Waals surface area contributed by atoms with Gasteiger partial charge in [-0.1, -0.05) is 129 Å². The summed E-state index contributed by atoms with van der Waals surface area (Å²) < 4.78 is 0. The second kappa shape index (κ2) is 23.1. The summed E-state index contributed by atoms with van der Waals surface area (Å²) >= 11 is 0. The maximum absolute atomic E-state index is 12.9. The number of carbonyl (C=O) groups excluding carboxylic acids is 1. The summed E-state index contributed by atoms with van der Waals surface area (Å²) in [7, 11) is 0. The summed E-state index contributed by atoms with van der Waals surface area (Å²) in [6.45, 7) is 3.09. The normalized spacial score (nSPS) is 12.8. The van der Waals surface area contributed by atoms with E-state index in [1.807, 2.05) is 0 Å². The zero-order valence-corrected chi connectivity index (χ0v) is 22.1. The van der Waals surface area contributed by atoms with Crippen molar-refractivity contribution in [3.63, 3.8) is 0 Å². The molecule has 0 fully saturated rings. The van der Waals surface area contributed by atoms with Crippen molar-refractivity contribution in [3.8, 4) is 0 Å². The van der Waals surface area contributed by atoms with E-state index in [0.29, 0.717) is 0 Å². The lowest BCUT2D eigenvalue weighted by atomic mass is 9.91. The van der Waals surface area contributed by atoms with E-state index in [4.69, 9.17) is 0 Å². The molecular formula is C28H57NO4. The third kappa shape index (κ3) is 17.4. The molecule has 4 N–H and O–H groups in total. The van der Waals surface area contributed by atoms with Crippen LogP contribution in [0.3, 0.4) is 0 Å². The second-order valence-electron chi connectivity index (χ2n) is 10.2. The van der Waals surface area contributed by atoms with Crippen molar-refractivity contribution >= 4 is 5.91 Å². The number of amides is 1. The minimum atomic E-state index is -1.33. The van der Waals surface area contributed by atoms with Gasteiger partial charge in [-0.05, 0) is 12.8 Å². The molecule has 0 aromatic rings. The predicted molar refractivity (Wildman–Crippen MR) is 139 cm³/mol. The van der Waals surface area contributed by atoms with Crippen molar-refractivity contribution in [2.24, 2.45) is 5.92 Å². The fraction of sp³-hybridized carbons (Fsp3) is 0.964. The molecule has 33 heavy (non-hydrogen) atoms.